The molecule has 0 aliphatic heterocycles. The van der Waals surface area contributed by atoms with Crippen LogP contribution in [0.2, 0.25) is 5.02 Å². The van der Waals surface area contributed by atoms with Crippen molar-refractivity contribution in [3.63, 3.8) is 0 Å². The summed E-state index contributed by atoms with van der Waals surface area (Å²) in [6.07, 6.45) is 5.89. The predicted molar refractivity (Wildman–Crippen MR) is 85.9 cm³/mol. The Morgan fingerprint density at radius 2 is 2.28 bits per heavy atom. The van der Waals surface area contributed by atoms with E-state index in [1.165, 1.54) is 19.3 Å². The van der Waals surface area contributed by atoms with Gasteiger partial charge >= 0.3 is 0 Å². The molecule has 0 spiro atoms. The molecule has 1 aliphatic rings. The highest BCUT2D eigenvalue weighted by Gasteiger charge is 2.27. The van der Waals surface area contributed by atoms with Crippen LogP contribution in [0.5, 0.6) is 0 Å². The molecule has 0 aromatic heterocycles. The fourth-order valence-electron chi connectivity index (χ4n) is 2.47. The van der Waals surface area contributed by atoms with Crippen LogP contribution in [0.3, 0.4) is 0 Å². The van der Waals surface area contributed by atoms with Crippen LogP contribution >= 0.6 is 35.6 Å². The molecule has 1 saturated carbocycles. The van der Waals surface area contributed by atoms with Gasteiger partial charge in [-0.3, -0.25) is 0 Å². The first-order valence-electron chi connectivity index (χ1n) is 6.01. The average Bonchev–Trinajstić information content (AvgIpc) is 2.76. The van der Waals surface area contributed by atoms with E-state index >= 15 is 0 Å². The number of nitrogens with two attached hydrogens (primary N) is 1. The van der Waals surface area contributed by atoms with Crippen molar-refractivity contribution in [1.29, 1.82) is 0 Å². The van der Waals surface area contributed by atoms with Crippen LogP contribution < -0.4 is 11.1 Å². The largest absolute Gasteiger partial charge is 0.389 e. The number of hydrogen-bond donors (Lipinski definition) is 2. The topological polar surface area (TPSA) is 38.0 Å². The molecule has 0 saturated heterocycles. The Balaban J connectivity index is 2.23. The summed E-state index contributed by atoms with van der Waals surface area (Å²) in [6.45, 7) is 0. The molecule has 1 aromatic carbocycles. The molecule has 1 aliphatic carbocycles. The highest BCUT2D eigenvalue weighted by atomic mass is 35.5. The Kier molecular flexibility index (Phi) is 4.76. The van der Waals surface area contributed by atoms with Gasteiger partial charge in [-0.2, -0.15) is 11.8 Å². The van der Waals surface area contributed by atoms with Gasteiger partial charge in [0.25, 0.3) is 0 Å². The molecule has 1 aromatic rings. The summed E-state index contributed by atoms with van der Waals surface area (Å²) in [4.78, 5) is 0.349. The third kappa shape index (κ3) is 2.92. The maximum absolute atomic E-state index is 6.17. The first kappa shape index (κ1) is 14.0. The second-order valence-electron chi connectivity index (χ2n) is 4.48. The maximum Gasteiger partial charge on any atom is 0.107 e. The Morgan fingerprint density at radius 3 is 2.94 bits per heavy atom. The molecule has 18 heavy (non-hydrogen) atoms. The zero-order valence-corrected chi connectivity index (χ0v) is 12.7. The molecule has 1 fully saturated rings. The molecular formula is C13H17ClN2S2. The third-order valence-corrected chi connectivity index (χ3v) is 5.05. The van der Waals surface area contributed by atoms with Crippen molar-refractivity contribution in [2.75, 3.05) is 11.6 Å². The Labute approximate surface area is 123 Å². The summed E-state index contributed by atoms with van der Waals surface area (Å²) >= 11 is 13.2. The number of hydrogen-bond acceptors (Lipinski definition) is 3. The van der Waals surface area contributed by atoms with E-state index in [2.05, 4.69) is 11.6 Å². The van der Waals surface area contributed by atoms with Gasteiger partial charge in [0, 0.05) is 17.0 Å². The van der Waals surface area contributed by atoms with E-state index in [1.54, 1.807) is 0 Å². The van der Waals surface area contributed by atoms with Gasteiger partial charge in [0.2, 0.25) is 0 Å². The van der Waals surface area contributed by atoms with Crippen molar-refractivity contribution >= 4 is 46.3 Å². The zero-order chi connectivity index (χ0) is 13.1. The van der Waals surface area contributed by atoms with E-state index in [-0.39, 0.29) is 0 Å². The van der Waals surface area contributed by atoms with E-state index in [0.29, 0.717) is 21.3 Å². The lowest BCUT2D eigenvalue weighted by Crippen LogP contribution is -2.27. The molecule has 3 N–H and O–H groups in total. The molecule has 0 amide bonds. The SMILES string of the molecule is CSC1CCCC1Nc1cccc(Cl)c1C(N)=S. The van der Waals surface area contributed by atoms with E-state index < -0.39 is 0 Å². The number of thioether (sulfide) groups is 1. The minimum Gasteiger partial charge on any atom is -0.389 e. The lowest BCUT2D eigenvalue weighted by Gasteiger charge is -2.22. The summed E-state index contributed by atoms with van der Waals surface area (Å²) in [5, 5.41) is 4.83. The van der Waals surface area contributed by atoms with Gasteiger partial charge in [0.1, 0.15) is 4.99 Å². The zero-order valence-electron chi connectivity index (χ0n) is 10.3. The Morgan fingerprint density at radius 1 is 1.50 bits per heavy atom. The van der Waals surface area contributed by atoms with Gasteiger partial charge in [-0.1, -0.05) is 36.3 Å². The van der Waals surface area contributed by atoms with Crippen LogP contribution in [0.4, 0.5) is 5.69 Å². The molecule has 5 heteroatoms. The van der Waals surface area contributed by atoms with Crippen molar-refractivity contribution in [3.05, 3.63) is 28.8 Å². The number of nitrogens with one attached hydrogen (secondary N) is 1. The van der Waals surface area contributed by atoms with Gasteiger partial charge < -0.3 is 11.1 Å². The van der Waals surface area contributed by atoms with Crippen LogP contribution in [0.1, 0.15) is 24.8 Å². The minimum atomic E-state index is 0.349. The fraction of sp³-hybridized carbons (Fsp3) is 0.462. The molecule has 0 bridgehead atoms. The molecular weight excluding hydrogens is 284 g/mol. The molecule has 2 atom stereocenters. The summed E-state index contributed by atoms with van der Waals surface area (Å²) in [5.41, 5.74) is 7.48. The van der Waals surface area contributed by atoms with Crippen molar-refractivity contribution in [2.45, 2.75) is 30.6 Å². The average molecular weight is 301 g/mol. The lowest BCUT2D eigenvalue weighted by molar-refractivity contribution is 0.768. The van der Waals surface area contributed by atoms with E-state index in [0.717, 1.165) is 11.3 Å². The molecule has 2 unspecified atom stereocenters. The number of thiocarbonyl (C=S) groups is 1. The minimum absolute atomic E-state index is 0.349. The van der Waals surface area contributed by atoms with Crippen LogP contribution in [0.15, 0.2) is 18.2 Å². The monoisotopic (exact) mass is 300 g/mol. The van der Waals surface area contributed by atoms with E-state index in [4.69, 9.17) is 29.6 Å². The van der Waals surface area contributed by atoms with E-state index in [9.17, 15) is 0 Å². The predicted octanol–water partition coefficient (Wildman–Crippen LogP) is 3.67. The summed E-state index contributed by atoms with van der Waals surface area (Å²) in [7, 11) is 0. The fourth-order valence-corrected chi connectivity index (χ4v) is 3.96. The summed E-state index contributed by atoms with van der Waals surface area (Å²) < 4.78 is 0. The van der Waals surface area contributed by atoms with Crippen molar-refractivity contribution in [2.24, 2.45) is 5.73 Å². The van der Waals surface area contributed by atoms with Crippen molar-refractivity contribution < 1.29 is 0 Å². The Hall–Kier alpha value is -0.450. The quantitative estimate of drug-likeness (QED) is 0.832. The van der Waals surface area contributed by atoms with E-state index in [1.807, 2.05) is 30.0 Å². The lowest BCUT2D eigenvalue weighted by atomic mass is 10.1. The molecule has 0 heterocycles. The number of anilines is 1. The second kappa shape index (κ2) is 6.13. The maximum atomic E-state index is 6.17. The van der Waals surface area contributed by atoms with Crippen LogP contribution in [-0.2, 0) is 0 Å². The standard InChI is InChI=1S/C13H17ClN2S2/c1-18-11-7-3-5-9(11)16-10-6-2-4-8(14)12(10)13(15)17/h2,4,6,9,11,16H,3,5,7H2,1H3,(H2,15,17). The summed E-state index contributed by atoms with van der Waals surface area (Å²) in [6, 6.07) is 6.22. The Bertz CT molecular complexity index is 451. The molecule has 2 nitrogen and oxygen atoms in total. The highest BCUT2D eigenvalue weighted by molar-refractivity contribution is 7.99. The van der Waals surface area contributed by atoms with Gasteiger partial charge in [-0.25, -0.2) is 0 Å². The van der Waals surface area contributed by atoms with Crippen LogP contribution in [-0.4, -0.2) is 22.5 Å². The van der Waals surface area contributed by atoms with Gasteiger partial charge in [0.05, 0.1) is 10.6 Å². The van der Waals surface area contributed by atoms with Crippen molar-refractivity contribution in [1.82, 2.24) is 0 Å². The number of halogens is 1. The normalized spacial score (nSPS) is 23.0. The number of benzene rings is 1. The van der Waals surface area contributed by atoms with Gasteiger partial charge in [-0.15, -0.1) is 0 Å². The smallest absolute Gasteiger partial charge is 0.107 e. The summed E-state index contributed by atoms with van der Waals surface area (Å²) in [5.74, 6) is 0. The third-order valence-electron chi connectivity index (χ3n) is 3.36. The van der Waals surface area contributed by atoms with Crippen LogP contribution in [0.25, 0.3) is 0 Å². The van der Waals surface area contributed by atoms with Gasteiger partial charge in [0.15, 0.2) is 0 Å². The van der Waals surface area contributed by atoms with Crippen LogP contribution in [0, 0.1) is 0 Å². The van der Waals surface area contributed by atoms with Gasteiger partial charge in [-0.05, 0) is 31.2 Å². The highest BCUT2D eigenvalue weighted by Crippen LogP contribution is 2.33. The van der Waals surface area contributed by atoms with Crippen molar-refractivity contribution in [3.8, 4) is 0 Å². The number of rotatable bonds is 4. The molecule has 2 rings (SSSR count). The second-order valence-corrected chi connectivity index (χ2v) is 6.41. The molecule has 98 valence electrons. The molecule has 0 radical (unpaired) electrons. The first-order chi connectivity index (χ1) is 8.63. The first-order valence-corrected chi connectivity index (χ1v) is 8.08.